The van der Waals surface area contributed by atoms with Gasteiger partial charge in [-0.05, 0) is 56.7 Å². The molecule has 174 valence electrons. The summed E-state index contributed by atoms with van der Waals surface area (Å²) in [6, 6.07) is 15.0. The first-order valence-corrected chi connectivity index (χ1v) is 11.4. The Bertz CT molecular complexity index is 858. The van der Waals surface area contributed by atoms with Crippen molar-refractivity contribution in [1.82, 2.24) is 20.4 Å². The summed E-state index contributed by atoms with van der Waals surface area (Å²) in [6.07, 6.45) is 1.10. The summed E-state index contributed by atoms with van der Waals surface area (Å²) in [6.45, 7) is 8.81. The van der Waals surface area contributed by atoms with Crippen molar-refractivity contribution in [2.45, 2.75) is 32.5 Å². The highest BCUT2D eigenvalue weighted by Gasteiger charge is 2.12. The van der Waals surface area contributed by atoms with E-state index in [9.17, 15) is 4.39 Å². The summed E-state index contributed by atoms with van der Waals surface area (Å²) in [4.78, 5) is 9.22. The first kappa shape index (κ1) is 24.0. The second kappa shape index (κ2) is 12.4. The van der Waals surface area contributed by atoms with Crippen molar-refractivity contribution < 1.29 is 9.13 Å². The molecule has 3 rings (SSSR count). The largest absolute Gasteiger partial charge is 0.489 e. The number of hydrogen-bond donors (Lipinski definition) is 2. The number of benzene rings is 2. The maximum absolute atomic E-state index is 13.3. The number of aliphatic imine (C=N–C) groups is 1. The quantitative estimate of drug-likeness (QED) is 0.487. The highest BCUT2D eigenvalue weighted by atomic mass is 19.1. The van der Waals surface area contributed by atoms with E-state index in [1.165, 1.54) is 36.2 Å². The predicted octanol–water partition coefficient (Wildman–Crippen LogP) is 3.10. The van der Waals surface area contributed by atoms with Gasteiger partial charge in [0.2, 0.25) is 0 Å². The molecule has 2 N–H and O–H groups in total. The minimum Gasteiger partial charge on any atom is -0.489 e. The molecule has 32 heavy (non-hydrogen) atoms. The highest BCUT2D eigenvalue weighted by Crippen LogP contribution is 2.13. The second-order valence-electron chi connectivity index (χ2n) is 8.44. The first-order chi connectivity index (χ1) is 15.5. The van der Waals surface area contributed by atoms with E-state index < -0.39 is 0 Å². The molecule has 1 saturated heterocycles. The molecule has 1 atom stereocenters. The van der Waals surface area contributed by atoms with Crippen LogP contribution in [0.2, 0.25) is 0 Å². The monoisotopic (exact) mass is 441 g/mol. The van der Waals surface area contributed by atoms with Crippen LogP contribution >= 0.6 is 0 Å². The van der Waals surface area contributed by atoms with Gasteiger partial charge < -0.3 is 20.3 Å². The molecule has 1 fully saturated rings. The first-order valence-electron chi connectivity index (χ1n) is 11.4. The maximum atomic E-state index is 13.3. The number of hydrogen-bond acceptors (Lipinski definition) is 4. The van der Waals surface area contributed by atoms with Gasteiger partial charge in [0.15, 0.2) is 5.96 Å². The third kappa shape index (κ3) is 8.13. The van der Waals surface area contributed by atoms with E-state index in [0.717, 1.165) is 26.2 Å². The van der Waals surface area contributed by atoms with Crippen LogP contribution in [0.1, 0.15) is 24.5 Å². The molecule has 0 aliphatic carbocycles. The minimum absolute atomic E-state index is 0.131. The standard InChI is InChI=1S/C25H36FN5O/c1-20(32-24-7-4-6-23(26)16-24)17-28-25(27-2)29-18-21-8-10-22(11-9-21)19-31-13-5-12-30(3)14-15-31/h4,6-11,16,20H,5,12-15,17-19H2,1-3H3,(H2,27,28,29). The van der Waals surface area contributed by atoms with E-state index in [0.29, 0.717) is 24.8 Å². The Labute approximate surface area is 191 Å². The third-order valence-corrected chi connectivity index (χ3v) is 5.62. The molecule has 7 heteroatoms. The van der Waals surface area contributed by atoms with Crippen LogP contribution in [0, 0.1) is 5.82 Å². The number of likely N-dealkylation sites (N-methyl/N-ethyl adjacent to an activating group) is 1. The van der Waals surface area contributed by atoms with Gasteiger partial charge in [-0.3, -0.25) is 9.89 Å². The summed E-state index contributed by atoms with van der Waals surface area (Å²) in [5, 5.41) is 6.59. The van der Waals surface area contributed by atoms with Crippen LogP contribution in [0.25, 0.3) is 0 Å². The van der Waals surface area contributed by atoms with Gasteiger partial charge in [-0.2, -0.15) is 0 Å². The number of halogens is 1. The molecule has 2 aromatic rings. The average Bonchev–Trinajstić information content (AvgIpc) is 2.99. The van der Waals surface area contributed by atoms with E-state index in [-0.39, 0.29) is 11.9 Å². The van der Waals surface area contributed by atoms with Crippen molar-refractivity contribution in [3.8, 4) is 5.75 Å². The molecule has 0 spiro atoms. The minimum atomic E-state index is -0.301. The maximum Gasteiger partial charge on any atom is 0.191 e. The molecule has 6 nitrogen and oxygen atoms in total. The smallest absolute Gasteiger partial charge is 0.191 e. The zero-order chi connectivity index (χ0) is 22.8. The van der Waals surface area contributed by atoms with Gasteiger partial charge in [0.05, 0.1) is 6.54 Å². The Hall–Kier alpha value is -2.64. The van der Waals surface area contributed by atoms with Crippen molar-refractivity contribution in [3.63, 3.8) is 0 Å². The molecule has 0 radical (unpaired) electrons. The lowest BCUT2D eigenvalue weighted by atomic mass is 10.1. The summed E-state index contributed by atoms with van der Waals surface area (Å²) >= 11 is 0. The summed E-state index contributed by atoms with van der Waals surface area (Å²) in [5.74, 6) is 0.928. The van der Waals surface area contributed by atoms with Crippen molar-refractivity contribution in [1.29, 1.82) is 0 Å². The molecule has 0 bridgehead atoms. The normalized spacial score (nSPS) is 16.9. The molecular weight excluding hydrogens is 405 g/mol. The van der Waals surface area contributed by atoms with Crippen molar-refractivity contribution in [2.75, 3.05) is 46.8 Å². The lowest BCUT2D eigenvalue weighted by molar-refractivity contribution is 0.223. The molecular formula is C25H36FN5O. The van der Waals surface area contributed by atoms with Crippen molar-refractivity contribution in [2.24, 2.45) is 4.99 Å². The van der Waals surface area contributed by atoms with Crippen LogP contribution in [0.3, 0.4) is 0 Å². The average molecular weight is 442 g/mol. The molecule has 2 aromatic carbocycles. The zero-order valence-electron chi connectivity index (χ0n) is 19.5. The molecule has 1 heterocycles. The van der Waals surface area contributed by atoms with Crippen LogP contribution in [0.5, 0.6) is 5.75 Å². The predicted molar refractivity (Wildman–Crippen MR) is 129 cm³/mol. The molecule has 1 aliphatic rings. The Morgan fingerprint density at radius 1 is 1.06 bits per heavy atom. The van der Waals surface area contributed by atoms with Crippen LogP contribution in [-0.4, -0.2) is 68.7 Å². The topological polar surface area (TPSA) is 52.1 Å². The van der Waals surface area contributed by atoms with Gasteiger partial charge in [-0.1, -0.05) is 30.3 Å². The number of guanidine groups is 1. The van der Waals surface area contributed by atoms with Gasteiger partial charge in [-0.25, -0.2) is 4.39 Å². The van der Waals surface area contributed by atoms with Crippen molar-refractivity contribution in [3.05, 3.63) is 65.5 Å². The van der Waals surface area contributed by atoms with Crippen molar-refractivity contribution >= 4 is 5.96 Å². The lowest BCUT2D eigenvalue weighted by Gasteiger charge is -2.20. The van der Waals surface area contributed by atoms with Crippen LogP contribution < -0.4 is 15.4 Å². The fraction of sp³-hybridized carbons (Fsp3) is 0.480. The Morgan fingerprint density at radius 2 is 1.84 bits per heavy atom. The second-order valence-corrected chi connectivity index (χ2v) is 8.44. The highest BCUT2D eigenvalue weighted by molar-refractivity contribution is 5.79. The molecule has 0 aromatic heterocycles. The number of ether oxygens (including phenoxy) is 1. The van der Waals surface area contributed by atoms with E-state index in [1.54, 1.807) is 19.2 Å². The van der Waals surface area contributed by atoms with E-state index >= 15 is 0 Å². The number of rotatable bonds is 8. The van der Waals surface area contributed by atoms with Gasteiger partial charge in [0.25, 0.3) is 0 Å². The fourth-order valence-electron chi connectivity index (χ4n) is 3.74. The Morgan fingerprint density at radius 3 is 2.59 bits per heavy atom. The summed E-state index contributed by atoms with van der Waals surface area (Å²) < 4.78 is 19.0. The van der Waals surface area contributed by atoms with E-state index in [2.05, 4.69) is 56.7 Å². The van der Waals surface area contributed by atoms with Crippen LogP contribution in [-0.2, 0) is 13.1 Å². The van der Waals surface area contributed by atoms with E-state index in [1.807, 2.05) is 6.92 Å². The van der Waals surface area contributed by atoms with Gasteiger partial charge in [-0.15, -0.1) is 0 Å². The van der Waals surface area contributed by atoms with Crippen LogP contribution in [0.15, 0.2) is 53.5 Å². The Kier molecular flexibility index (Phi) is 9.31. The molecule has 0 saturated carbocycles. The Balaban J connectivity index is 1.40. The lowest BCUT2D eigenvalue weighted by Crippen LogP contribution is -2.41. The summed E-state index contributed by atoms with van der Waals surface area (Å²) in [7, 11) is 3.95. The van der Waals surface area contributed by atoms with Gasteiger partial charge in [0, 0.05) is 39.3 Å². The molecule has 1 unspecified atom stereocenters. The molecule has 0 amide bonds. The SMILES string of the molecule is CN=C(NCc1ccc(CN2CCCN(C)CC2)cc1)NCC(C)Oc1cccc(F)c1. The van der Waals surface area contributed by atoms with Crippen LogP contribution in [0.4, 0.5) is 4.39 Å². The number of nitrogens with zero attached hydrogens (tertiary/aromatic N) is 3. The third-order valence-electron chi connectivity index (χ3n) is 5.62. The summed E-state index contributed by atoms with van der Waals surface area (Å²) in [5.41, 5.74) is 2.56. The van der Waals surface area contributed by atoms with Gasteiger partial charge >= 0.3 is 0 Å². The number of nitrogens with one attached hydrogen (secondary N) is 2. The van der Waals surface area contributed by atoms with Gasteiger partial charge in [0.1, 0.15) is 17.7 Å². The zero-order valence-corrected chi connectivity index (χ0v) is 19.5. The molecule has 1 aliphatic heterocycles. The van der Waals surface area contributed by atoms with E-state index in [4.69, 9.17) is 4.74 Å². The fourth-order valence-corrected chi connectivity index (χ4v) is 3.74.